The maximum absolute atomic E-state index is 13.1. The average molecular weight is 234 g/mol. The average Bonchev–Trinajstić information content (AvgIpc) is 2.58. The highest BCUT2D eigenvalue weighted by Crippen LogP contribution is 2.14. The normalized spacial score (nSPS) is 10.5. The number of aryl methyl sites for hydroxylation is 1. The Labute approximate surface area is 97.3 Å². The topological polar surface area (TPSA) is 55.1 Å². The number of imidazole rings is 1. The van der Waals surface area contributed by atoms with Gasteiger partial charge >= 0.3 is 5.97 Å². The molecule has 17 heavy (non-hydrogen) atoms. The third kappa shape index (κ3) is 2.50. The van der Waals surface area contributed by atoms with Gasteiger partial charge in [0.25, 0.3) is 0 Å². The molecule has 4 nitrogen and oxygen atoms in total. The molecular formula is C12H11FN2O2. The largest absolute Gasteiger partial charge is 0.481 e. The second-order valence-corrected chi connectivity index (χ2v) is 3.70. The van der Waals surface area contributed by atoms with Crippen LogP contribution < -0.4 is 0 Å². The fraction of sp³-hybridized carbons (Fsp3) is 0.167. The Morgan fingerprint density at radius 3 is 2.94 bits per heavy atom. The van der Waals surface area contributed by atoms with E-state index in [2.05, 4.69) is 4.98 Å². The van der Waals surface area contributed by atoms with Crippen LogP contribution in [0.1, 0.15) is 11.5 Å². The maximum Gasteiger partial charge on any atom is 0.309 e. The first kappa shape index (κ1) is 11.3. The summed E-state index contributed by atoms with van der Waals surface area (Å²) in [5, 5.41) is 8.67. The molecule has 2 rings (SSSR count). The van der Waals surface area contributed by atoms with Crippen molar-refractivity contribution in [3.05, 3.63) is 47.8 Å². The van der Waals surface area contributed by atoms with Crippen LogP contribution in [0.2, 0.25) is 0 Å². The van der Waals surface area contributed by atoms with Crippen LogP contribution in [0.25, 0.3) is 5.69 Å². The van der Waals surface area contributed by atoms with Gasteiger partial charge in [-0.2, -0.15) is 0 Å². The Bertz CT molecular complexity index is 563. The number of nitrogens with zero attached hydrogens (tertiary/aromatic N) is 2. The van der Waals surface area contributed by atoms with Crippen LogP contribution in [-0.4, -0.2) is 20.6 Å². The summed E-state index contributed by atoms with van der Waals surface area (Å²) in [4.78, 5) is 14.7. The number of benzene rings is 1. The van der Waals surface area contributed by atoms with Gasteiger partial charge in [-0.1, -0.05) is 6.07 Å². The minimum atomic E-state index is -0.936. The van der Waals surface area contributed by atoms with Crippen molar-refractivity contribution in [2.75, 3.05) is 0 Å². The molecular weight excluding hydrogens is 223 g/mol. The molecule has 2 aromatic rings. The number of hydrogen-bond donors (Lipinski definition) is 1. The van der Waals surface area contributed by atoms with Crippen LogP contribution in [0.3, 0.4) is 0 Å². The number of aromatic nitrogens is 2. The van der Waals surface area contributed by atoms with Crippen molar-refractivity contribution in [3.8, 4) is 5.69 Å². The summed E-state index contributed by atoms with van der Waals surface area (Å²) in [6, 6.07) is 6.07. The van der Waals surface area contributed by atoms with Crippen LogP contribution in [0.15, 0.2) is 30.5 Å². The molecule has 0 spiro atoms. The SMILES string of the molecule is Cc1nc(CC(=O)O)cn1-c1cccc(F)c1. The van der Waals surface area contributed by atoms with Gasteiger partial charge < -0.3 is 9.67 Å². The van der Waals surface area contributed by atoms with E-state index in [0.717, 1.165) is 0 Å². The van der Waals surface area contributed by atoms with Crippen molar-refractivity contribution in [3.63, 3.8) is 0 Å². The van der Waals surface area contributed by atoms with Crippen molar-refractivity contribution < 1.29 is 14.3 Å². The lowest BCUT2D eigenvalue weighted by molar-refractivity contribution is -0.136. The minimum Gasteiger partial charge on any atom is -0.481 e. The first-order valence-electron chi connectivity index (χ1n) is 5.09. The lowest BCUT2D eigenvalue weighted by Gasteiger charge is -2.03. The zero-order chi connectivity index (χ0) is 12.4. The number of halogens is 1. The van der Waals surface area contributed by atoms with E-state index >= 15 is 0 Å². The van der Waals surface area contributed by atoms with Crippen molar-refractivity contribution in [1.82, 2.24) is 9.55 Å². The molecule has 0 bridgehead atoms. The van der Waals surface area contributed by atoms with Crippen LogP contribution in [0.5, 0.6) is 0 Å². The number of rotatable bonds is 3. The fourth-order valence-electron chi connectivity index (χ4n) is 1.66. The fourth-order valence-corrected chi connectivity index (χ4v) is 1.66. The summed E-state index contributed by atoms with van der Waals surface area (Å²) < 4.78 is 14.7. The van der Waals surface area contributed by atoms with Gasteiger partial charge in [-0.05, 0) is 25.1 Å². The maximum atomic E-state index is 13.1. The van der Waals surface area contributed by atoms with Crippen LogP contribution in [0, 0.1) is 12.7 Å². The lowest BCUT2D eigenvalue weighted by atomic mass is 10.3. The molecule has 1 heterocycles. The van der Waals surface area contributed by atoms with Crippen molar-refractivity contribution in [2.24, 2.45) is 0 Å². The van der Waals surface area contributed by atoms with E-state index in [1.807, 2.05) is 0 Å². The standard InChI is InChI=1S/C12H11FN2O2/c1-8-14-10(6-12(16)17)7-15(8)11-4-2-3-9(13)5-11/h2-5,7H,6H2,1H3,(H,16,17). The quantitative estimate of drug-likeness (QED) is 0.883. The molecule has 0 saturated carbocycles. The van der Waals surface area contributed by atoms with Gasteiger partial charge in [0.1, 0.15) is 11.6 Å². The highest BCUT2D eigenvalue weighted by atomic mass is 19.1. The van der Waals surface area contributed by atoms with Crippen LogP contribution in [0.4, 0.5) is 4.39 Å². The van der Waals surface area contributed by atoms with E-state index in [9.17, 15) is 9.18 Å². The summed E-state index contributed by atoms with van der Waals surface area (Å²) in [5.41, 5.74) is 1.09. The Kier molecular flexibility index (Phi) is 2.91. The summed E-state index contributed by atoms with van der Waals surface area (Å²) in [7, 11) is 0. The highest BCUT2D eigenvalue weighted by Gasteiger charge is 2.09. The van der Waals surface area contributed by atoms with E-state index in [0.29, 0.717) is 17.2 Å². The number of hydrogen-bond acceptors (Lipinski definition) is 2. The second kappa shape index (κ2) is 4.37. The van der Waals surface area contributed by atoms with Crippen molar-refractivity contribution in [1.29, 1.82) is 0 Å². The zero-order valence-electron chi connectivity index (χ0n) is 9.22. The summed E-state index contributed by atoms with van der Waals surface area (Å²) in [6.07, 6.45) is 1.47. The molecule has 5 heteroatoms. The molecule has 1 aromatic carbocycles. The molecule has 0 aliphatic carbocycles. The molecule has 88 valence electrons. The van der Waals surface area contributed by atoms with E-state index in [4.69, 9.17) is 5.11 Å². The predicted octanol–water partition coefficient (Wildman–Crippen LogP) is 1.95. The van der Waals surface area contributed by atoms with Gasteiger partial charge in [0.15, 0.2) is 0 Å². The smallest absolute Gasteiger partial charge is 0.309 e. The van der Waals surface area contributed by atoms with E-state index < -0.39 is 5.97 Å². The molecule has 0 fully saturated rings. The lowest BCUT2D eigenvalue weighted by Crippen LogP contribution is -1.99. The first-order valence-corrected chi connectivity index (χ1v) is 5.09. The number of aliphatic carboxylic acids is 1. The Balaban J connectivity index is 2.39. The molecule has 0 unspecified atom stereocenters. The van der Waals surface area contributed by atoms with Gasteiger partial charge in [0.05, 0.1) is 12.1 Å². The van der Waals surface area contributed by atoms with Crippen molar-refractivity contribution >= 4 is 5.97 Å². The molecule has 1 aromatic heterocycles. The van der Waals surface area contributed by atoms with E-state index in [1.165, 1.54) is 12.1 Å². The van der Waals surface area contributed by atoms with Gasteiger partial charge in [-0.25, -0.2) is 9.37 Å². The van der Waals surface area contributed by atoms with Gasteiger partial charge in [-0.3, -0.25) is 4.79 Å². The van der Waals surface area contributed by atoms with Gasteiger partial charge in [0, 0.05) is 11.9 Å². The first-order chi connectivity index (χ1) is 8.06. The summed E-state index contributed by atoms with van der Waals surface area (Å²) in [5.74, 6) is -0.642. The van der Waals surface area contributed by atoms with Crippen molar-refractivity contribution in [2.45, 2.75) is 13.3 Å². The third-order valence-corrected chi connectivity index (χ3v) is 2.35. The molecule has 0 aliphatic rings. The molecule has 0 saturated heterocycles. The zero-order valence-corrected chi connectivity index (χ0v) is 9.22. The predicted molar refractivity (Wildman–Crippen MR) is 59.6 cm³/mol. The summed E-state index contributed by atoms with van der Waals surface area (Å²) >= 11 is 0. The van der Waals surface area contributed by atoms with Crippen LogP contribution >= 0.6 is 0 Å². The molecule has 0 radical (unpaired) electrons. The van der Waals surface area contributed by atoms with E-state index in [1.54, 1.807) is 29.8 Å². The number of carboxylic acid groups (broad SMARTS) is 1. The monoisotopic (exact) mass is 234 g/mol. The second-order valence-electron chi connectivity index (χ2n) is 3.70. The highest BCUT2D eigenvalue weighted by molar-refractivity contribution is 5.69. The molecule has 0 amide bonds. The molecule has 1 N–H and O–H groups in total. The molecule has 0 atom stereocenters. The van der Waals surface area contributed by atoms with Crippen LogP contribution in [-0.2, 0) is 11.2 Å². The molecule has 0 aliphatic heterocycles. The Morgan fingerprint density at radius 1 is 1.53 bits per heavy atom. The van der Waals surface area contributed by atoms with Gasteiger partial charge in [0.2, 0.25) is 0 Å². The Hall–Kier alpha value is -2.17. The number of carboxylic acids is 1. The summed E-state index contributed by atoms with van der Waals surface area (Å²) in [6.45, 7) is 1.75. The number of carbonyl (C=O) groups is 1. The third-order valence-electron chi connectivity index (χ3n) is 2.35. The van der Waals surface area contributed by atoms with Gasteiger partial charge in [-0.15, -0.1) is 0 Å². The minimum absolute atomic E-state index is 0.136. The van der Waals surface area contributed by atoms with E-state index in [-0.39, 0.29) is 12.2 Å². The Morgan fingerprint density at radius 2 is 2.29 bits per heavy atom.